The number of Topliss-reactive ketones (excluding diaryl/α,β-unsaturated/α-hetero) is 1. The second kappa shape index (κ2) is 5.50. The van der Waals surface area contributed by atoms with Gasteiger partial charge in [-0.15, -0.1) is 23.2 Å². The summed E-state index contributed by atoms with van der Waals surface area (Å²) in [7, 11) is 0. The molecule has 0 aromatic rings. The monoisotopic (exact) mass is 424 g/mol. The Bertz CT molecular complexity index is 880. The Labute approximate surface area is 173 Å². The molecule has 4 fully saturated rings. The number of alkyl halides is 2. The van der Waals surface area contributed by atoms with E-state index in [4.69, 9.17) is 27.9 Å². The van der Waals surface area contributed by atoms with Crippen LogP contribution >= 0.6 is 23.2 Å². The SMILES string of the molecule is C[C@]12C=CC(=O)C=C1CC[C@@H]1[C@H]3CC[C@]4(O)C(=O)COC(=O)[C@]34CC(Cl)[C@@]12Cl. The number of halogens is 2. The molecule has 0 radical (unpaired) electrons. The maximum absolute atomic E-state index is 13.0. The minimum atomic E-state index is -1.73. The summed E-state index contributed by atoms with van der Waals surface area (Å²) < 4.78 is 5.22. The molecule has 1 saturated heterocycles. The number of aliphatic hydroxyl groups is 1. The highest BCUT2D eigenvalue weighted by molar-refractivity contribution is 6.34. The molecule has 0 aromatic carbocycles. The van der Waals surface area contributed by atoms with E-state index in [2.05, 4.69) is 0 Å². The fraction of sp³-hybridized carbons (Fsp3) is 0.667. The van der Waals surface area contributed by atoms with Crippen molar-refractivity contribution < 1.29 is 24.2 Å². The van der Waals surface area contributed by atoms with Crippen LogP contribution in [0.5, 0.6) is 0 Å². The largest absolute Gasteiger partial charge is 0.457 e. The smallest absolute Gasteiger partial charge is 0.316 e. The van der Waals surface area contributed by atoms with Gasteiger partial charge in [0.25, 0.3) is 0 Å². The van der Waals surface area contributed by atoms with E-state index in [0.717, 1.165) is 5.57 Å². The van der Waals surface area contributed by atoms with Gasteiger partial charge in [0, 0.05) is 5.41 Å². The topological polar surface area (TPSA) is 80.7 Å². The van der Waals surface area contributed by atoms with Crippen LogP contribution in [0, 0.1) is 22.7 Å². The average molecular weight is 425 g/mol. The molecule has 0 bridgehead atoms. The molecule has 150 valence electrons. The van der Waals surface area contributed by atoms with Crippen molar-refractivity contribution >= 4 is 40.7 Å². The second-order valence-electron chi connectivity index (χ2n) is 9.17. The van der Waals surface area contributed by atoms with Gasteiger partial charge in [0.15, 0.2) is 12.4 Å². The normalized spacial score (nSPS) is 52.2. The molecule has 7 heteroatoms. The molecular weight excluding hydrogens is 403 g/mol. The summed E-state index contributed by atoms with van der Waals surface area (Å²) in [6.07, 6.45) is 7.20. The molecule has 7 atom stereocenters. The number of hydrogen-bond acceptors (Lipinski definition) is 5. The van der Waals surface area contributed by atoms with Crippen molar-refractivity contribution in [3.63, 3.8) is 0 Å². The Morgan fingerprint density at radius 2 is 1.96 bits per heavy atom. The number of rotatable bonds is 0. The lowest BCUT2D eigenvalue weighted by Crippen LogP contribution is -2.71. The van der Waals surface area contributed by atoms with Gasteiger partial charge in [0.1, 0.15) is 11.0 Å². The number of cyclic esters (lactones) is 1. The minimum Gasteiger partial charge on any atom is -0.457 e. The highest BCUT2D eigenvalue weighted by Crippen LogP contribution is 2.72. The predicted molar refractivity (Wildman–Crippen MR) is 102 cm³/mol. The standard InChI is InChI=1S/C21H22Cl2O5/c1-18-6-4-12(24)8-11(18)2-3-14-13-5-7-20(27)16(25)10-28-17(26)19(13,20)9-15(22)21(14,18)23/h4,6,8,13-15,27H,2-3,5,7,9-10H2,1H3/t13-,14-,15?,18+,19+,20+,21+/m1/s1. The van der Waals surface area contributed by atoms with E-state index < -0.39 is 38.4 Å². The summed E-state index contributed by atoms with van der Waals surface area (Å²) in [6.45, 7) is 1.61. The lowest BCUT2D eigenvalue weighted by Gasteiger charge is -2.63. The molecule has 5 aliphatic rings. The quantitative estimate of drug-likeness (QED) is 0.477. The van der Waals surface area contributed by atoms with Gasteiger partial charge in [0.2, 0.25) is 5.78 Å². The molecule has 5 rings (SSSR count). The van der Waals surface area contributed by atoms with Gasteiger partial charge in [-0.3, -0.25) is 14.4 Å². The molecule has 28 heavy (non-hydrogen) atoms. The lowest BCUT2D eigenvalue weighted by atomic mass is 9.45. The van der Waals surface area contributed by atoms with Gasteiger partial charge in [-0.25, -0.2) is 0 Å². The third kappa shape index (κ3) is 1.83. The van der Waals surface area contributed by atoms with Crippen LogP contribution in [0.15, 0.2) is 23.8 Å². The number of hydrogen-bond donors (Lipinski definition) is 1. The van der Waals surface area contributed by atoms with Crippen LogP contribution < -0.4 is 0 Å². The van der Waals surface area contributed by atoms with E-state index >= 15 is 0 Å². The Morgan fingerprint density at radius 3 is 2.71 bits per heavy atom. The van der Waals surface area contributed by atoms with Crippen LogP contribution in [-0.2, 0) is 19.1 Å². The number of carbonyl (C=O) groups is 3. The lowest BCUT2D eigenvalue weighted by molar-refractivity contribution is -0.206. The summed E-state index contributed by atoms with van der Waals surface area (Å²) in [6, 6.07) is 0. The average Bonchev–Trinajstić information content (AvgIpc) is 2.96. The van der Waals surface area contributed by atoms with Crippen molar-refractivity contribution in [3.05, 3.63) is 23.8 Å². The van der Waals surface area contributed by atoms with Crippen LogP contribution in [0.3, 0.4) is 0 Å². The Hall–Kier alpha value is -1.17. The van der Waals surface area contributed by atoms with Gasteiger partial charge >= 0.3 is 5.97 Å². The van der Waals surface area contributed by atoms with E-state index in [-0.39, 0.29) is 37.1 Å². The van der Waals surface area contributed by atoms with E-state index in [1.54, 1.807) is 6.08 Å². The molecule has 1 N–H and O–H groups in total. The number of fused-ring (bicyclic) bond motifs is 4. The molecule has 4 aliphatic carbocycles. The Morgan fingerprint density at radius 1 is 1.21 bits per heavy atom. The number of ketones is 2. The van der Waals surface area contributed by atoms with Crippen LogP contribution in [0.25, 0.3) is 0 Å². The number of allylic oxidation sites excluding steroid dienone is 4. The zero-order valence-corrected chi connectivity index (χ0v) is 17.1. The first kappa shape index (κ1) is 18.8. The first-order chi connectivity index (χ1) is 13.1. The van der Waals surface area contributed by atoms with Gasteiger partial charge < -0.3 is 9.84 Å². The molecule has 3 saturated carbocycles. The zero-order chi connectivity index (χ0) is 20.1. The molecular formula is C21H22Cl2O5. The highest BCUT2D eigenvalue weighted by Gasteiger charge is 2.78. The maximum atomic E-state index is 13.0. The molecule has 0 aromatic heterocycles. The molecule has 1 heterocycles. The van der Waals surface area contributed by atoms with Gasteiger partial charge in [-0.1, -0.05) is 18.6 Å². The Kier molecular flexibility index (Phi) is 3.70. The predicted octanol–water partition coefficient (Wildman–Crippen LogP) is 2.71. The zero-order valence-electron chi connectivity index (χ0n) is 15.5. The van der Waals surface area contributed by atoms with Crippen molar-refractivity contribution in [2.45, 2.75) is 54.9 Å². The van der Waals surface area contributed by atoms with E-state index in [0.29, 0.717) is 19.3 Å². The van der Waals surface area contributed by atoms with Crippen molar-refractivity contribution in [2.75, 3.05) is 6.61 Å². The second-order valence-corrected chi connectivity index (χ2v) is 10.3. The van der Waals surface area contributed by atoms with Crippen molar-refractivity contribution in [2.24, 2.45) is 22.7 Å². The first-order valence-electron chi connectivity index (χ1n) is 9.81. The molecule has 0 amide bonds. The highest BCUT2D eigenvalue weighted by atomic mass is 35.5. The number of ether oxygens (including phenoxy) is 1. The van der Waals surface area contributed by atoms with E-state index in [1.165, 1.54) is 6.08 Å². The fourth-order valence-electron chi connectivity index (χ4n) is 7.00. The first-order valence-corrected chi connectivity index (χ1v) is 10.6. The molecule has 1 unspecified atom stereocenters. The summed E-state index contributed by atoms with van der Waals surface area (Å²) >= 11 is 14.3. The summed E-state index contributed by atoms with van der Waals surface area (Å²) in [5, 5.41) is 10.7. The van der Waals surface area contributed by atoms with Crippen LogP contribution in [0.2, 0.25) is 0 Å². The van der Waals surface area contributed by atoms with E-state index in [1.807, 2.05) is 13.0 Å². The van der Waals surface area contributed by atoms with Crippen molar-refractivity contribution in [1.29, 1.82) is 0 Å². The van der Waals surface area contributed by atoms with Crippen LogP contribution in [0.1, 0.15) is 39.0 Å². The summed E-state index contributed by atoms with van der Waals surface area (Å²) in [5.41, 5.74) is -2.72. The fourth-order valence-corrected chi connectivity index (χ4v) is 8.15. The third-order valence-electron chi connectivity index (χ3n) is 8.42. The maximum Gasteiger partial charge on any atom is 0.316 e. The number of esters is 1. The summed E-state index contributed by atoms with van der Waals surface area (Å²) in [5.74, 6) is -1.49. The van der Waals surface area contributed by atoms with Crippen molar-refractivity contribution in [1.82, 2.24) is 0 Å². The number of carbonyl (C=O) groups excluding carboxylic acids is 3. The van der Waals surface area contributed by atoms with Gasteiger partial charge in [-0.2, -0.15) is 0 Å². The van der Waals surface area contributed by atoms with Gasteiger partial charge in [-0.05, 0) is 56.1 Å². The molecule has 5 nitrogen and oxygen atoms in total. The van der Waals surface area contributed by atoms with Gasteiger partial charge in [0.05, 0.1) is 10.3 Å². The molecule has 1 aliphatic heterocycles. The summed E-state index contributed by atoms with van der Waals surface area (Å²) in [4.78, 5) is 36.6. The van der Waals surface area contributed by atoms with E-state index in [9.17, 15) is 19.5 Å². The molecule has 1 spiro atoms. The Balaban J connectivity index is 1.67. The minimum absolute atomic E-state index is 0.0544. The van der Waals surface area contributed by atoms with Crippen LogP contribution in [0.4, 0.5) is 0 Å². The van der Waals surface area contributed by atoms with Crippen molar-refractivity contribution in [3.8, 4) is 0 Å². The van der Waals surface area contributed by atoms with Crippen LogP contribution in [-0.4, -0.2) is 45.1 Å². The third-order valence-corrected chi connectivity index (χ3v) is 9.96.